The average molecular weight is 301 g/mol. The number of carbonyl (C=O) groups is 2. The third kappa shape index (κ3) is 4.35. The van der Waals surface area contributed by atoms with Crippen LogP contribution < -0.4 is 15.5 Å². The van der Waals surface area contributed by atoms with Crippen LogP contribution in [0.15, 0.2) is 36.9 Å². The van der Waals surface area contributed by atoms with Crippen LogP contribution in [0.4, 0.5) is 11.4 Å². The normalized spacial score (nSPS) is 15.2. The van der Waals surface area contributed by atoms with Crippen molar-refractivity contribution in [1.29, 1.82) is 0 Å². The molecule has 0 aromatic heterocycles. The number of nitrogens with zero attached hydrogens (tertiary/aromatic N) is 1. The molecule has 1 aromatic carbocycles. The van der Waals surface area contributed by atoms with E-state index in [-0.39, 0.29) is 6.54 Å². The molecule has 0 saturated carbocycles. The second-order valence-electron chi connectivity index (χ2n) is 5.67. The van der Waals surface area contributed by atoms with Crippen LogP contribution in [0.5, 0.6) is 0 Å². The zero-order chi connectivity index (χ0) is 15.9. The van der Waals surface area contributed by atoms with Crippen molar-refractivity contribution in [3.05, 3.63) is 36.9 Å². The molecule has 2 rings (SSSR count). The van der Waals surface area contributed by atoms with E-state index in [1.807, 2.05) is 24.3 Å². The van der Waals surface area contributed by atoms with Gasteiger partial charge in [-0.25, -0.2) is 0 Å². The summed E-state index contributed by atoms with van der Waals surface area (Å²) in [4.78, 5) is 25.5. The quantitative estimate of drug-likeness (QED) is 0.662. The minimum Gasteiger partial charge on any atom is -0.372 e. The molecule has 5 nitrogen and oxygen atoms in total. The van der Waals surface area contributed by atoms with Crippen LogP contribution in [0, 0.1) is 5.92 Å². The maximum absolute atomic E-state index is 11.7. The predicted octanol–water partition coefficient (Wildman–Crippen LogP) is 2.16. The monoisotopic (exact) mass is 301 g/mol. The molecular weight excluding hydrogens is 278 g/mol. The zero-order valence-electron chi connectivity index (χ0n) is 13.0. The summed E-state index contributed by atoms with van der Waals surface area (Å²) in [5.74, 6) is -0.528. The summed E-state index contributed by atoms with van der Waals surface area (Å²) in [6.45, 7) is 8.18. The van der Waals surface area contributed by atoms with E-state index in [2.05, 4.69) is 29.0 Å². The molecule has 118 valence electrons. The van der Waals surface area contributed by atoms with Crippen molar-refractivity contribution in [2.24, 2.45) is 5.92 Å². The summed E-state index contributed by atoms with van der Waals surface area (Å²) in [5, 5.41) is 5.03. The molecule has 0 bridgehead atoms. The first-order valence-corrected chi connectivity index (χ1v) is 7.65. The van der Waals surface area contributed by atoms with E-state index in [0.29, 0.717) is 5.69 Å². The SMILES string of the molecule is C=CCNC(=O)C(=O)Nc1ccc(N2CCC(C)CC2)cc1. The van der Waals surface area contributed by atoms with Crippen LogP contribution >= 0.6 is 0 Å². The third-order valence-electron chi connectivity index (χ3n) is 3.89. The summed E-state index contributed by atoms with van der Waals surface area (Å²) in [6.07, 6.45) is 3.95. The van der Waals surface area contributed by atoms with Crippen molar-refractivity contribution in [3.63, 3.8) is 0 Å². The standard InChI is InChI=1S/C17H23N3O2/c1-3-10-18-16(21)17(22)19-14-4-6-15(7-5-14)20-11-8-13(2)9-12-20/h3-7,13H,1,8-12H2,2H3,(H,18,21)(H,19,22). The van der Waals surface area contributed by atoms with Gasteiger partial charge in [-0.1, -0.05) is 13.0 Å². The molecule has 1 heterocycles. The molecule has 0 aliphatic carbocycles. The van der Waals surface area contributed by atoms with E-state index < -0.39 is 11.8 Å². The fourth-order valence-electron chi connectivity index (χ4n) is 2.46. The highest BCUT2D eigenvalue weighted by molar-refractivity contribution is 6.39. The number of amides is 2. The lowest BCUT2D eigenvalue weighted by Crippen LogP contribution is -2.35. The molecule has 1 aliphatic rings. The number of hydrogen-bond donors (Lipinski definition) is 2. The van der Waals surface area contributed by atoms with Crippen molar-refractivity contribution in [2.75, 3.05) is 29.9 Å². The molecule has 1 fully saturated rings. The van der Waals surface area contributed by atoms with Gasteiger partial charge in [0.2, 0.25) is 0 Å². The lowest BCUT2D eigenvalue weighted by atomic mass is 9.99. The zero-order valence-corrected chi connectivity index (χ0v) is 13.0. The van der Waals surface area contributed by atoms with E-state index in [1.54, 1.807) is 0 Å². The minimum absolute atomic E-state index is 0.276. The predicted molar refractivity (Wildman–Crippen MR) is 88.9 cm³/mol. The van der Waals surface area contributed by atoms with E-state index in [1.165, 1.54) is 18.9 Å². The van der Waals surface area contributed by atoms with Crippen LogP contribution in [0.3, 0.4) is 0 Å². The second-order valence-corrected chi connectivity index (χ2v) is 5.67. The van der Waals surface area contributed by atoms with Gasteiger partial charge < -0.3 is 15.5 Å². The Morgan fingerprint density at radius 3 is 2.45 bits per heavy atom. The van der Waals surface area contributed by atoms with Crippen molar-refractivity contribution < 1.29 is 9.59 Å². The van der Waals surface area contributed by atoms with Gasteiger partial charge in [-0.2, -0.15) is 0 Å². The Bertz CT molecular complexity index is 531. The van der Waals surface area contributed by atoms with Crippen LogP contribution in [-0.2, 0) is 9.59 Å². The Balaban J connectivity index is 1.90. The largest absolute Gasteiger partial charge is 0.372 e. The first kappa shape index (κ1) is 16.1. The smallest absolute Gasteiger partial charge is 0.313 e. The first-order valence-electron chi connectivity index (χ1n) is 7.65. The Hall–Kier alpha value is -2.30. The maximum atomic E-state index is 11.7. The molecule has 0 spiro atoms. The third-order valence-corrected chi connectivity index (χ3v) is 3.89. The van der Waals surface area contributed by atoms with Crippen LogP contribution in [0.25, 0.3) is 0 Å². The lowest BCUT2D eigenvalue weighted by Gasteiger charge is -2.32. The highest BCUT2D eigenvalue weighted by Gasteiger charge is 2.16. The molecule has 5 heteroatoms. The molecule has 22 heavy (non-hydrogen) atoms. The van der Waals surface area contributed by atoms with E-state index in [4.69, 9.17) is 0 Å². The number of carbonyl (C=O) groups excluding carboxylic acids is 2. The minimum atomic E-state index is -0.665. The number of anilines is 2. The molecule has 2 N–H and O–H groups in total. The van der Waals surface area contributed by atoms with Crippen LogP contribution in [0.1, 0.15) is 19.8 Å². The molecule has 0 atom stereocenters. The van der Waals surface area contributed by atoms with Gasteiger partial charge in [-0.15, -0.1) is 6.58 Å². The van der Waals surface area contributed by atoms with E-state index in [9.17, 15) is 9.59 Å². The Morgan fingerprint density at radius 1 is 1.23 bits per heavy atom. The van der Waals surface area contributed by atoms with Crippen LogP contribution in [-0.4, -0.2) is 31.4 Å². The molecule has 2 amide bonds. The fourth-order valence-corrected chi connectivity index (χ4v) is 2.46. The summed E-state index contributed by atoms with van der Waals surface area (Å²) in [7, 11) is 0. The lowest BCUT2D eigenvalue weighted by molar-refractivity contribution is -0.136. The molecule has 1 saturated heterocycles. The van der Waals surface area contributed by atoms with Gasteiger partial charge in [0.15, 0.2) is 0 Å². The Morgan fingerprint density at radius 2 is 1.86 bits per heavy atom. The Kier molecular flexibility index (Phi) is 5.58. The summed E-state index contributed by atoms with van der Waals surface area (Å²) < 4.78 is 0. The van der Waals surface area contributed by atoms with E-state index >= 15 is 0 Å². The summed E-state index contributed by atoms with van der Waals surface area (Å²) >= 11 is 0. The topological polar surface area (TPSA) is 61.4 Å². The second kappa shape index (κ2) is 7.64. The van der Waals surface area contributed by atoms with Gasteiger partial charge in [0.25, 0.3) is 0 Å². The van der Waals surface area contributed by atoms with E-state index in [0.717, 1.165) is 24.7 Å². The fraction of sp³-hybridized carbons (Fsp3) is 0.412. The molecule has 1 aliphatic heterocycles. The number of nitrogens with one attached hydrogen (secondary N) is 2. The van der Waals surface area contributed by atoms with Crippen molar-refractivity contribution >= 4 is 23.2 Å². The number of hydrogen-bond acceptors (Lipinski definition) is 3. The Labute approximate surface area is 131 Å². The van der Waals surface area contributed by atoms with Gasteiger partial charge in [-0.3, -0.25) is 9.59 Å². The highest BCUT2D eigenvalue weighted by Crippen LogP contribution is 2.24. The van der Waals surface area contributed by atoms with Gasteiger partial charge >= 0.3 is 11.8 Å². The van der Waals surface area contributed by atoms with Crippen molar-refractivity contribution in [3.8, 4) is 0 Å². The van der Waals surface area contributed by atoms with Crippen LogP contribution in [0.2, 0.25) is 0 Å². The van der Waals surface area contributed by atoms with Crippen molar-refractivity contribution in [1.82, 2.24) is 5.32 Å². The maximum Gasteiger partial charge on any atom is 0.313 e. The van der Waals surface area contributed by atoms with Gasteiger partial charge in [0.05, 0.1) is 0 Å². The van der Waals surface area contributed by atoms with Gasteiger partial charge in [0.1, 0.15) is 0 Å². The average Bonchev–Trinajstić information content (AvgIpc) is 2.54. The van der Waals surface area contributed by atoms with Crippen molar-refractivity contribution in [2.45, 2.75) is 19.8 Å². The molecule has 0 radical (unpaired) electrons. The molecular formula is C17H23N3O2. The van der Waals surface area contributed by atoms with Gasteiger partial charge in [0, 0.05) is 31.0 Å². The highest BCUT2D eigenvalue weighted by atomic mass is 16.2. The summed E-state index contributed by atoms with van der Waals surface area (Å²) in [5.41, 5.74) is 1.77. The molecule has 1 aromatic rings. The number of rotatable bonds is 4. The summed E-state index contributed by atoms with van der Waals surface area (Å²) in [6, 6.07) is 7.61. The number of piperidine rings is 1. The van der Waals surface area contributed by atoms with Gasteiger partial charge in [-0.05, 0) is 43.0 Å². The molecule has 0 unspecified atom stereocenters. The number of benzene rings is 1. The first-order chi connectivity index (χ1) is 10.6.